The van der Waals surface area contributed by atoms with Crippen LogP contribution in [-0.4, -0.2) is 28.6 Å². The number of aromatic nitrogens is 1. The number of hydrazone groups is 1. The zero-order valence-electron chi connectivity index (χ0n) is 13.0. The number of benzene rings is 1. The van der Waals surface area contributed by atoms with Gasteiger partial charge in [-0.2, -0.15) is 5.10 Å². The fraction of sp³-hybridized carbons (Fsp3) is 0.188. The molecule has 1 aromatic carbocycles. The lowest BCUT2D eigenvalue weighted by Gasteiger charge is -2.05. The molecule has 0 unspecified atom stereocenters. The van der Waals surface area contributed by atoms with E-state index in [4.69, 9.17) is 4.74 Å². The highest BCUT2D eigenvalue weighted by Crippen LogP contribution is 2.27. The largest absolute Gasteiger partial charge is 0.487 e. The number of ether oxygens (including phenoxy) is 1. The number of nitro groups is 1. The highest BCUT2D eigenvalue weighted by Gasteiger charge is 2.15. The highest BCUT2D eigenvalue weighted by atomic mass is 16.6. The summed E-state index contributed by atoms with van der Waals surface area (Å²) in [4.78, 5) is 26.2. The normalized spacial score (nSPS) is 10.5. The molecule has 0 radical (unpaired) electrons. The molecule has 0 atom stereocenters. The van der Waals surface area contributed by atoms with Crippen LogP contribution in [0.3, 0.4) is 0 Å². The van der Waals surface area contributed by atoms with Gasteiger partial charge in [0, 0.05) is 29.6 Å². The third-order valence-corrected chi connectivity index (χ3v) is 2.96. The summed E-state index contributed by atoms with van der Waals surface area (Å²) >= 11 is 0. The van der Waals surface area contributed by atoms with Crippen molar-refractivity contribution in [3.05, 3.63) is 64.0 Å². The molecule has 1 aromatic heterocycles. The second-order valence-corrected chi connectivity index (χ2v) is 4.77. The van der Waals surface area contributed by atoms with Crippen molar-refractivity contribution in [2.24, 2.45) is 5.10 Å². The average Bonchev–Trinajstić information content (AvgIpc) is 2.61. The summed E-state index contributed by atoms with van der Waals surface area (Å²) in [5, 5.41) is 14.9. The molecule has 0 aliphatic carbocycles. The Kier molecular flexibility index (Phi) is 5.95. The first-order chi connectivity index (χ1) is 11.6. The van der Waals surface area contributed by atoms with E-state index in [-0.39, 0.29) is 11.4 Å². The summed E-state index contributed by atoms with van der Waals surface area (Å²) in [6.07, 6.45) is 5.07. The van der Waals surface area contributed by atoms with E-state index < -0.39 is 10.8 Å². The van der Waals surface area contributed by atoms with Gasteiger partial charge in [-0.25, -0.2) is 5.43 Å². The molecule has 0 saturated heterocycles. The summed E-state index contributed by atoms with van der Waals surface area (Å²) < 4.78 is 5.34. The Morgan fingerprint density at radius 2 is 2.12 bits per heavy atom. The molecule has 0 bridgehead atoms. The Morgan fingerprint density at radius 3 is 2.79 bits per heavy atom. The second kappa shape index (κ2) is 8.37. The average molecular weight is 328 g/mol. The number of carbonyl (C=O) groups excluding carboxylic acids is 1. The van der Waals surface area contributed by atoms with Crippen LogP contribution < -0.4 is 10.2 Å². The number of hydrogen-bond donors (Lipinski definition) is 1. The Morgan fingerprint density at radius 1 is 1.38 bits per heavy atom. The number of hydrogen-bond acceptors (Lipinski definition) is 6. The predicted molar refractivity (Wildman–Crippen MR) is 88.2 cm³/mol. The van der Waals surface area contributed by atoms with Crippen molar-refractivity contribution in [1.29, 1.82) is 0 Å². The highest BCUT2D eigenvalue weighted by molar-refractivity contribution is 5.94. The van der Waals surface area contributed by atoms with Gasteiger partial charge in [-0.3, -0.25) is 19.9 Å². The maximum absolute atomic E-state index is 11.8. The van der Waals surface area contributed by atoms with Gasteiger partial charge in [0.1, 0.15) is 0 Å². The zero-order valence-corrected chi connectivity index (χ0v) is 13.0. The van der Waals surface area contributed by atoms with Crippen molar-refractivity contribution in [2.45, 2.75) is 13.3 Å². The van der Waals surface area contributed by atoms with Crippen molar-refractivity contribution in [2.75, 3.05) is 6.61 Å². The Bertz CT molecular complexity index is 747. The fourth-order valence-electron chi connectivity index (χ4n) is 1.82. The number of nitrogens with zero attached hydrogens (tertiary/aromatic N) is 3. The lowest BCUT2D eigenvalue weighted by atomic mass is 10.2. The Labute approximate surface area is 138 Å². The second-order valence-electron chi connectivity index (χ2n) is 4.77. The molecular formula is C16H16N4O4. The number of nitrogens with one attached hydrogen (secondary N) is 1. The molecule has 0 spiro atoms. The van der Waals surface area contributed by atoms with Gasteiger partial charge in [0.2, 0.25) is 0 Å². The molecule has 8 nitrogen and oxygen atoms in total. The van der Waals surface area contributed by atoms with Crippen LogP contribution in [0.2, 0.25) is 0 Å². The monoisotopic (exact) mass is 328 g/mol. The third kappa shape index (κ3) is 4.60. The minimum atomic E-state index is -0.516. The zero-order chi connectivity index (χ0) is 17.4. The van der Waals surface area contributed by atoms with Crippen molar-refractivity contribution in [3.63, 3.8) is 0 Å². The van der Waals surface area contributed by atoms with Crippen molar-refractivity contribution >= 4 is 17.8 Å². The smallest absolute Gasteiger partial charge is 0.311 e. The van der Waals surface area contributed by atoms with Gasteiger partial charge < -0.3 is 4.74 Å². The van der Waals surface area contributed by atoms with E-state index in [2.05, 4.69) is 15.5 Å². The molecule has 1 heterocycles. The van der Waals surface area contributed by atoms with Crippen LogP contribution in [0, 0.1) is 10.1 Å². The molecule has 1 N–H and O–H groups in total. The number of nitro benzene ring substituents is 1. The summed E-state index contributed by atoms with van der Waals surface area (Å²) in [5.41, 5.74) is 3.09. The van der Waals surface area contributed by atoms with Crippen LogP contribution in [0.4, 0.5) is 5.69 Å². The summed E-state index contributed by atoms with van der Waals surface area (Å²) in [5.74, 6) is -0.189. The van der Waals surface area contributed by atoms with Gasteiger partial charge in [0.25, 0.3) is 5.91 Å². The standard InChI is InChI=1S/C16H16N4O4/c1-2-9-24-15-4-3-12(10-14(15)20(22)23)11-18-19-16(21)13-5-7-17-8-6-13/h3-8,10-11H,2,9H2,1H3,(H,19,21)/b18-11-. The number of amides is 1. The maximum Gasteiger partial charge on any atom is 0.311 e. The maximum atomic E-state index is 11.8. The van der Waals surface area contributed by atoms with E-state index in [1.165, 1.54) is 30.7 Å². The quantitative estimate of drug-likeness (QED) is 0.477. The van der Waals surface area contributed by atoms with Gasteiger partial charge in [0.05, 0.1) is 17.7 Å². The van der Waals surface area contributed by atoms with Gasteiger partial charge >= 0.3 is 5.69 Å². The molecule has 124 valence electrons. The molecule has 24 heavy (non-hydrogen) atoms. The SMILES string of the molecule is CCCOc1ccc(/C=N\NC(=O)c2ccncc2)cc1[N+](=O)[O-]. The molecule has 8 heteroatoms. The molecule has 0 aliphatic rings. The number of carbonyl (C=O) groups is 1. The molecule has 0 fully saturated rings. The van der Waals surface area contributed by atoms with Crippen LogP contribution in [0.1, 0.15) is 29.3 Å². The van der Waals surface area contributed by atoms with Crippen LogP contribution in [0.15, 0.2) is 47.8 Å². The van der Waals surface area contributed by atoms with Gasteiger partial charge in [0.15, 0.2) is 5.75 Å². The van der Waals surface area contributed by atoms with Crippen LogP contribution >= 0.6 is 0 Å². The first-order valence-electron chi connectivity index (χ1n) is 7.26. The van der Waals surface area contributed by atoms with Crippen LogP contribution in [0.5, 0.6) is 5.75 Å². The third-order valence-electron chi connectivity index (χ3n) is 2.96. The Balaban J connectivity index is 2.07. The van der Waals surface area contributed by atoms with Crippen molar-refractivity contribution in [1.82, 2.24) is 10.4 Å². The summed E-state index contributed by atoms with van der Waals surface area (Å²) in [6, 6.07) is 7.58. The van der Waals surface area contributed by atoms with E-state index in [0.29, 0.717) is 17.7 Å². The molecule has 2 rings (SSSR count). The number of rotatable bonds is 7. The molecule has 1 amide bonds. The summed E-state index contributed by atoms with van der Waals surface area (Å²) in [7, 11) is 0. The number of pyridine rings is 1. The van der Waals surface area contributed by atoms with E-state index >= 15 is 0 Å². The minimum absolute atomic E-state index is 0.145. The van der Waals surface area contributed by atoms with Crippen LogP contribution in [-0.2, 0) is 0 Å². The van der Waals surface area contributed by atoms with Gasteiger partial charge in [-0.05, 0) is 30.7 Å². The fourth-order valence-corrected chi connectivity index (χ4v) is 1.82. The van der Waals surface area contributed by atoms with Crippen LogP contribution in [0.25, 0.3) is 0 Å². The Hall–Kier alpha value is -3.29. The van der Waals surface area contributed by atoms with E-state index in [1.54, 1.807) is 18.2 Å². The predicted octanol–water partition coefficient (Wildman–Crippen LogP) is 2.54. The molecular weight excluding hydrogens is 312 g/mol. The lowest BCUT2D eigenvalue weighted by molar-refractivity contribution is -0.385. The first-order valence-corrected chi connectivity index (χ1v) is 7.26. The molecule has 0 aliphatic heterocycles. The summed E-state index contributed by atoms with van der Waals surface area (Å²) in [6.45, 7) is 2.31. The van der Waals surface area contributed by atoms with Gasteiger partial charge in [-0.1, -0.05) is 6.92 Å². The van der Waals surface area contributed by atoms with E-state index in [0.717, 1.165) is 6.42 Å². The topological polar surface area (TPSA) is 107 Å². The first kappa shape index (κ1) is 17.1. The van der Waals surface area contributed by atoms with Gasteiger partial charge in [-0.15, -0.1) is 0 Å². The lowest BCUT2D eigenvalue weighted by Crippen LogP contribution is -2.17. The molecule has 0 saturated carbocycles. The van der Waals surface area contributed by atoms with Crippen molar-refractivity contribution < 1.29 is 14.5 Å². The van der Waals surface area contributed by atoms with Crippen molar-refractivity contribution in [3.8, 4) is 5.75 Å². The minimum Gasteiger partial charge on any atom is -0.487 e. The molecule has 2 aromatic rings. The van der Waals surface area contributed by atoms with E-state index in [9.17, 15) is 14.9 Å². The van der Waals surface area contributed by atoms with E-state index in [1.807, 2.05) is 6.92 Å².